The summed E-state index contributed by atoms with van der Waals surface area (Å²) in [6.45, 7) is 5.47. The number of Topliss-reactive ketones (excluding diaryl/α,β-unsaturated/α-hetero) is 1. The highest BCUT2D eigenvalue weighted by molar-refractivity contribution is 5.83. The van der Waals surface area contributed by atoms with Crippen LogP contribution in [0.4, 0.5) is 4.39 Å². The first-order chi connectivity index (χ1) is 17.1. The number of aromatic nitrogens is 2. The van der Waals surface area contributed by atoms with Crippen LogP contribution in [-0.4, -0.2) is 40.0 Å². The van der Waals surface area contributed by atoms with Gasteiger partial charge in [-0.1, -0.05) is 6.92 Å². The molecule has 6 rings (SSSR count). The summed E-state index contributed by atoms with van der Waals surface area (Å²) in [5, 5.41) is 16.2. The van der Waals surface area contributed by atoms with Gasteiger partial charge in [0.25, 0.3) is 0 Å². The molecule has 36 heavy (non-hydrogen) atoms. The largest absolute Gasteiger partial charge is 0.390 e. The van der Waals surface area contributed by atoms with Crippen molar-refractivity contribution in [3.05, 3.63) is 30.2 Å². The number of ketones is 1. The van der Waals surface area contributed by atoms with E-state index in [1.807, 2.05) is 20.2 Å². The third kappa shape index (κ3) is 3.77. The van der Waals surface area contributed by atoms with Crippen molar-refractivity contribution in [2.24, 2.45) is 40.4 Å². The first kappa shape index (κ1) is 24.5. The maximum atomic E-state index is 13.7. The fourth-order valence-electron chi connectivity index (χ4n) is 9.70. The van der Waals surface area contributed by atoms with Crippen LogP contribution < -0.4 is 0 Å². The maximum absolute atomic E-state index is 13.7. The van der Waals surface area contributed by atoms with Crippen LogP contribution in [0.3, 0.4) is 0 Å². The van der Waals surface area contributed by atoms with Gasteiger partial charge in [-0.05, 0) is 111 Å². The number of ether oxygens (including phenoxy) is 1. The summed E-state index contributed by atoms with van der Waals surface area (Å²) in [6.07, 6.45) is 11.4. The molecule has 1 N–H and O–H groups in total. The summed E-state index contributed by atoms with van der Waals surface area (Å²) >= 11 is 0. The lowest BCUT2D eigenvalue weighted by Crippen LogP contribution is -2.58. The number of hydrogen-bond acceptors (Lipinski definition) is 4. The van der Waals surface area contributed by atoms with E-state index in [9.17, 15) is 14.3 Å². The van der Waals surface area contributed by atoms with E-state index in [0.29, 0.717) is 29.2 Å². The molecular formula is C30H41FN2O3. The molecule has 4 fully saturated rings. The van der Waals surface area contributed by atoms with Crippen molar-refractivity contribution in [2.75, 3.05) is 13.7 Å². The molecule has 0 amide bonds. The van der Waals surface area contributed by atoms with Crippen molar-refractivity contribution >= 4 is 16.7 Å². The smallest absolute Gasteiger partial charge is 0.157 e. The highest BCUT2D eigenvalue weighted by Gasteiger charge is 2.63. The van der Waals surface area contributed by atoms with E-state index < -0.39 is 5.60 Å². The number of methoxy groups -OCH3 is 1. The summed E-state index contributed by atoms with van der Waals surface area (Å²) in [5.74, 6) is 2.43. The summed E-state index contributed by atoms with van der Waals surface area (Å²) in [4.78, 5) is 13.7. The third-order valence-electron chi connectivity index (χ3n) is 11.3. The minimum atomic E-state index is -0.550. The molecule has 4 aliphatic rings. The average molecular weight is 497 g/mol. The predicted octanol–water partition coefficient (Wildman–Crippen LogP) is 5.78. The highest BCUT2D eigenvalue weighted by atomic mass is 19.1. The van der Waals surface area contributed by atoms with Crippen molar-refractivity contribution in [3.63, 3.8) is 0 Å². The molecule has 0 bridgehead atoms. The van der Waals surface area contributed by atoms with Crippen LogP contribution in [0.25, 0.3) is 10.9 Å². The van der Waals surface area contributed by atoms with Gasteiger partial charge in [0.1, 0.15) is 5.82 Å². The van der Waals surface area contributed by atoms with E-state index in [0.717, 1.165) is 56.9 Å². The van der Waals surface area contributed by atoms with Gasteiger partial charge < -0.3 is 9.84 Å². The molecule has 0 spiro atoms. The van der Waals surface area contributed by atoms with E-state index >= 15 is 0 Å². The fourth-order valence-corrected chi connectivity index (χ4v) is 9.70. The van der Waals surface area contributed by atoms with E-state index in [4.69, 9.17) is 4.74 Å². The molecule has 1 aromatic carbocycles. The molecule has 0 saturated heterocycles. The average Bonchev–Trinajstić information content (AvgIpc) is 3.38. The van der Waals surface area contributed by atoms with E-state index in [1.54, 1.807) is 10.7 Å². The molecule has 1 heterocycles. The summed E-state index contributed by atoms with van der Waals surface area (Å²) < 4.78 is 21.2. The number of halogens is 1. The molecule has 6 heteroatoms. The van der Waals surface area contributed by atoms with Crippen LogP contribution in [0.5, 0.6) is 0 Å². The van der Waals surface area contributed by atoms with Crippen molar-refractivity contribution in [1.82, 2.24) is 9.78 Å². The Morgan fingerprint density at radius 2 is 1.97 bits per heavy atom. The van der Waals surface area contributed by atoms with Gasteiger partial charge in [0, 0.05) is 30.7 Å². The number of carbonyl (C=O) groups is 1. The van der Waals surface area contributed by atoms with Gasteiger partial charge >= 0.3 is 0 Å². The molecular weight excluding hydrogens is 455 g/mol. The van der Waals surface area contributed by atoms with Gasteiger partial charge in [-0.2, -0.15) is 5.10 Å². The standard InChI is InChI=1S/C30H41FN2O3/c1-28(35)12-13-30(18-36-3)20(15-28)5-7-22-23-8-9-25(29(23,2)11-10-24(22)30)27(34)17-33-16-19-4-6-21(31)14-26(19)32-33/h4,6,14,16,20,22-25,35H,5,7-13,15,17-18H2,1-3H3. The molecule has 1 aromatic heterocycles. The van der Waals surface area contributed by atoms with Crippen LogP contribution in [0.1, 0.15) is 71.6 Å². The molecule has 4 aliphatic carbocycles. The highest BCUT2D eigenvalue weighted by Crippen LogP contribution is 2.68. The molecule has 0 radical (unpaired) electrons. The number of rotatable bonds is 5. The van der Waals surface area contributed by atoms with Crippen LogP contribution in [0, 0.1) is 46.2 Å². The topological polar surface area (TPSA) is 64.3 Å². The zero-order valence-electron chi connectivity index (χ0n) is 22.0. The first-order valence-corrected chi connectivity index (χ1v) is 14.0. The number of carbonyl (C=O) groups excluding carboxylic acids is 1. The van der Waals surface area contributed by atoms with Gasteiger partial charge in [0.2, 0.25) is 0 Å². The fraction of sp³-hybridized carbons (Fsp3) is 0.733. The lowest BCUT2D eigenvalue weighted by Gasteiger charge is -2.62. The van der Waals surface area contributed by atoms with Gasteiger partial charge in [-0.3, -0.25) is 9.48 Å². The maximum Gasteiger partial charge on any atom is 0.157 e. The second-order valence-electron chi connectivity index (χ2n) is 13.2. The molecule has 0 aliphatic heterocycles. The number of hydrogen-bond donors (Lipinski definition) is 1. The Bertz CT molecular complexity index is 1160. The monoisotopic (exact) mass is 496 g/mol. The van der Waals surface area contributed by atoms with Crippen LogP contribution in [-0.2, 0) is 16.1 Å². The lowest BCUT2D eigenvalue weighted by atomic mass is 9.43. The SMILES string of the molecule is COCC12CCC(C)(O)CC1CCC1C3CCC(C(=O)Cn4cc5ccc(F)cc5n4)C3(C)CCC12. The van der Waals surface area contributed by atoms with Crippen LogP contribution in [0.15, 0.2) is 24.4 Å². The number of nitrogens with zero attached hydrogens (tertiary/aromatic N) is 2. The Morgan fingerprint density at radius 1 is 1.14 bits per heavy atom. The van der Waals surface area contributed by atoms with Crippen molar-refractivity contribution < 1.29 is 19.0 Å². The molecule has 5 nitrogen and oxygen atoms in total. The Kier molecular flexibility index (Phi) is 5.88. The predicted molar refractivity (Wildman–Crippen MR) is 137 cm³/mol. The zero-order valence-corrected chi connectivity index (χ0v) is 22.0. The van der Waals surface area contributed by atoms with Gasteiger partial charge in [0.05, 0.1) is 24.3 Å². The molecule has 8 atom stereocenters. The quantitative estimate of drug-likeness (QED) is 0.570. The third-order valence-corrected chi connectivity index (χ3v) is 11.3. The summed E-state index contributed by atoms with van der Waals surface area (Å²) in [6, 6.07) is 4.60. The van der Waals surface area contributed by atoms with Crippen molar-refractivity contribution in [3.8, 4) is 0 Å². The minimum absolute atomic E-state index is 0.0399. The number of fused-ring (bicyclic) bond motifs is 6. The summed E-state index contributed by atoms with van der Waals surface area (Å²) in [7, 11) is 1.84. The van der Waals surface area contributed by atoms with E-state index in [1.165, 1.54) is 25.0 Å². The van der Waals surface area contributed by atoms with E-state index in [2.05, 4.69) is 12.0 Å². The molecule has 4 saturated carbocycles. The Hall–Kier alpha value is -1.79. The second-order valence-corrected chi connectivity index (χ2v) is 13.2. The minimum Gasteiger partial charge on any atom is -0.390 e. The molecule has 2 aromatic rings. The lowest BCUT2D eigenvalue weighted by molar-refractivity contribution is -0.175. The van der Waals surface area contributed by atoms with Gasteiger partial charge in [-0.25, -0.2) is 4.39 Å². The van der Waals surface area contributed by atoms with Crippen LogP contribution >= 0.6 is 0 Å². The van der Waals surface area contributed by atoms with Gasteiger partial charge in [-0.15, -0.1) is 0 Å². The second kappa shape index (κ2) is 8.62. The Morgan fingerprint density at radius 3 is 2.78 bits per heavy atom. The zero-order chi connectivity index (χ0) is 25.3. The first-order valence-electron chi connectivity index (χ1n) is 14.0. The number of aliphatic hydroxyl groups is 1. The van der Waals surface area contributed by atoms with E-state index in [-0.39, 0.29) is 34.9 Å². The Labute approximate surface area is 213 Å². The van der Waals surface area contributed by atoms with Crippen molar-refractivity contribution in [1.29, 1.82) is 0 Å². The molecule has 196 valence electrons. The normalized spacial score (nSPS) is 42.1. The summed E-state index contributed by atoms with van der Waals surface area (Å²) in [5.41, 5.74) is 0.267. The van der Waals surface area contributed by atoms with Crippen LogP contribution in [0.2, 0.25) is 0 Å². The molecule has 8 unspecified atom stereocenters. The van der Waals surface area contributed by atoms with Gasteiger partial charge in [0.15, 0.2) is 5.78 Å². The van der Waals surface area contributed by atoms with Crippen molar-refractivity contribution in [2.45, 2.75) is 83.8 Å². The number of benzene rings is 1. The Balaban J connectivity index is 1.22.